The number of nitrogens with one attached hydrogen (secondary N) is 1. The van der Waals surface area contributed by atoms with Gasteiger partial charge in [0.1, 0.15) is 5.56 Å². The molecule has 1 amide bonds. The van der Waals surface area contributed by atoms with Crippen molar-refractivity contribution < 1.29 is 4.79 Å². The number of rotatable bonds is 2. The minimum atomic E-state index is -0.375. The third-order valence-electron chi connectivity index (χ3n) is 4.11. The topological polar surface area (TPSA) is 51.1 Å². The third-order valence-corrected chi connectivity index (χ3v) is 4.57. The van der Waals surface area contributed by atoms with Crippen LogP contribution in [0.25, 0.3) is 10.9 Å². The quantitative estimate of drug-likeness (QED) is 0.751. The summed E-state index contributed by atoms with van der Waals surface area (Å²) in [5, 5.41) is 3.37. The molecule has 4 nitrogen and oxygen atoms in total. The lowest BCUT2D eigenvalue weighted by Crippen LogP contribution is -2.23. The van der Waals surface area contributed by atoms with Gasteiger partial charge in [-0.1, -0.05) is 34.1 Å². The lowest BCUT2D eigenvalue weighted by Gasteiger charge is -2.09. The van der Waals surface area contributed by atoms with Crippen LogP contribution < -0.4 is 10.7 Å². The Hall–Kier alpha value is -2.40. The molecule has 4 rings (SSSR count). The molecule has 0 unspecified atom stereocenters. The van der Waals surface area contributed by atoms with Crippen molar-refractivity contribution in [1.29, 1.82) is 0 Å². The van der Waals surface area contributed by atoms with Crippen molar-refractivity contribution in [1.82, 2.24) is 4.57 Å². The fourth-order valence-corrected chi connectivity index (χ4v) is 3.59. The fourth-order valence-electron chi connectivity index (χ4n) is 3.08. The monoisotopic (exact) mass is 368 g/mol. The Kier molecular flexibility index (Phi) is 3.31. The van der Waals surface area contributed by atoms with Gasteiger partial charge in [-0.05, 0) is 36.2 Å². The summed E-state index contributed by atoms with van der Waals surface area (Å²) in [6, 6.07) is 13.0. The number of hydrogen-bond acceptors (Lipinski definition) is 2. The number of aromatic nitrogens is 1. The number of anilines is 1. The molecule has 23 heavy (non-hydrogen) atoms. The van der Waals surface area contributed by atoms with E-state index in [0.717, 1.165) is 28.5 Å². The fraction of sp³-hybridized carbons (Fsp3) is 0.111. The van der Waals surface area contributed by atoms with Crippen LogP contribution in [0, 0.1) is 0 Å². The van der Waals surface area contributed by atoms with E-state index in [0.29, 0.717) is 11.1 Å². The van der Waals surface area contributed by atoms with Gasteiger partial charge in [-0.3, -0.25) is 9.59 Å². The van der Waals surface area contributed by atoms with Gasteiger partial charge in [0, 0.05) is 28.3 Å². The average Bonchev–Trinajstić information content (AvgIpc) is 2.94. The summed E-state index contributed by atoms with van der Waals surface area (Å²) in [6.07, 6.45) is 2.55. The highest BCUT2D eigenvalue weighted by molar-refractivity contribution is 9.10. The molecule has 0 saturated carbocycles. The van der Waals surface area contributed by atoms with Crippen LogP contribution in [0.4, 0.5) is 5.69 Å². The number of carbonyl (C=O) groups excluding carboxylic acids is 1. The van der Waals surface area contributed by atoms with Gasteiger partial charge in [0.15, 0.2) is 0 Å². The first-order valence-corrected chi connectivity index (χ1v) is 8.15. The molecular formula is C18H13BrN2O2. The number of nitrogens with zero attached hydrogens (tertiary/aromatic N) is 1. The maximum absolute atomic E-state index is 12.7. The molecule has 2 aromatic carbocycles. The van der Waals surface area contributed by atoms with Crippen molar-refractivity contribution >= 4 is 38.4 Å². The predicted octanol–water partition coefficient (Wildman–Crippen LogP) is 3.57. The second-order valence-corrected chi connectivity index (χ2v) is 6.51. The second-order valence-electron chi connectivity index (χ2n) is 5.60. The van der Waals surface area contributed by atoms with Gasteiger partial charge in [0.2, 0.25) is 5.43 Å². The average molecular weight is 369 g/mol. The maximum Gasteiger partial charge on any atom is 0.261 e. The normalized spacial score (nSPS) is 12.6. The lowest BCUT2D eigenvalue weighted by molar-refractivity contribution is 0.102. The highest BCUT2D eigenvalue weighted by Crippen LogP contribution is 2.28. The SMILES string of the molecule is O=C(Nc1ccccc1)c1cn2c3c(cc(Br)cc3c1=O)CC2. The smallest absolute Gasteiger partial charge is 0.261 e. The van der Waals surface area contributed by atoms with Crippen molar-refractivity contribution in [3.05, 3.63) is 74.5 Å². The van der Waals surface area contributed by atoms with Gasteiger partial charge in [-0.2, -0.15) is 0 Å². The predicted molar refractivity (Wildman–Crippen MR) is 94.0 cm³/mol. The summed E-state index contributed by atoms with van der Waals surface area (Å²) >= 11 is 3.45. The van der Waals surface area contributed by atoms with Crippen molar-refractivity contribution in [2.75, 3.05) is 5.32 Å². The first-order chi connectivity index (χ1) is 11.1. The molecule has 1 aliphatic rings. The lowest BCUT2D eigenvalue weighted by atomic mass is 10.1. The molecule has 0 aliphatic carbocycles. The number of amides is 1. The van der Waals surface area contributed by atoms with Crippen LogP contribution >= 0.6 is 15.9 Å². The highest BCUT2D eigenvalue weighted by atomic mass is 79.9. The van der Waals surface area contributed by atoms with E-state index in [4.69, 9.17) is 0 Å². The van der Waals surface area contributed by atoms with Crippen molar-refractivity contribution in [3.8, 4) is 0 Å². The van der Waals surface area contributed by atoms with E-state index in [1.54, 1.807) is 24.4 Å². The van der Waals surface area contributed by atoms with Crippen LogP contribution in [0.2, 0.25) is 0 Å². The number of aryl methyl sites for hydroxylation is 2. The number of hydrogen-bond donors (Lipinski definition) is 1. The molecule has 0 fully saturated rings. The van der Waals surface area contributed by atoms with Crippen LogP contribution in [-0.2, 0) is 13.0 Å². The van der Waals surface area contributed by atoms with Gasteiger partial charge >= 0.3 is 0 Å². The molecule has 5 heteroatoms. The van der Waals surface area contributed by atoms with E-state index in [2.05, 4.69) is 21.2 Å². The number of carbonyl (C=O) groups is 1. The first-order valence-electron chi connectivity index (χ1n) is 7.35. The Morgan fingerprint density at radius 3 is 2.74 bits per heavy atom. The molecule has 1 aliphatic heterocycles. The van der Waals surface area contributed by atoms with Crippen molar-refractivity contribution in [3.63, 3.8) is 0 Å². The minimum absolute atomic E-state index is 0.173. The summed E-state index contributed by atoms with van der Waals surface area (Å²) in [4.78, 5) is 25.3. The number of halogens is 1. The second kappa shape index (κ2) is 5.35. The standard InChI is InChI=1S/C18H13BrN2O2/c19-12-8-11-6-7-21-10-15(17(22)14(9-12)16(11)21)18(23)20-13-4-2-1-3-5-13/h1-5,8-10H,6-7H2,(H,20,23). The van der Waals surface area contributed by atoms with Crippen LogP contribution in [-0.4, -0.2) is 10.5 Å². The summed E-state index contributed by atoms with van der Waals surface area (Å²) in [6.45, 7) is 0.786. The zero-order valence-corrected chi connectivity index (χ0v) is 13.8. The third kappa shape index (κ3) is 2.37. The van der Waals surface area contributed by atoms with E-state index in [1.165, 1.54) is 0 Å². The first kappa shape index (κ1) is 14.2. The van der Waals surface area contributed by atoms with E-state index < -0.39 is 0 Å². The summed E-state index contributed by atoms with van der Waals surface area (Å²) < 4.78 is 2.87. The molecule has 0 saturated heterocycles. The molecule has 0 spiro atoms. The Balaban J connectivity index is 1.85. The summed E-state index contributed by atoms with van der Waals surface area (Å²) in [7, 11) is 0. The Morgan fingerprint density at radius 2 is 1.96 bits per heavy atom. The van der Waals surface area contributed by atoms with E-state index >= 15 is 0 Å². The Labute approximate surface area is 140 Å². The van der Waals surface area contributed by atoms with Crippen LogP contribution in [0.3, 0.4) is 0 Å². The molecular weight excluding hydrogens is 356 g/mol. The minimum Gasteiger partial charge on any atom is -0.346 e. The van der Waals surface area contributed by atoms with Gasteiger partial charge < -0.3 is 9.88 Å². The molecule has 1 aromatic heterocycles. The van der Waals surface area contributed by atoms with E-state index in [9.17, 15) is 9.59 Å². The van der Waals surface area contributed by atoms with Gasteiger partial charge in [-0.15, -0.1) is 0 Å². The largest absolute Gasteiger partial charge is 0.346 e. The van der Waals surface area contributed by atoms with Gasteiger partial charge in [-0.25, -0.2) is 0 Å². The molecule has 1 N–H and O–H groups in total. The Bertz CT molecular complexity index is 993. The molecule has 3 aromatic rings. The van der Waals surface area contributed by atoms with Crippen molar-refractivity contribution in [2.24, 2.45) is 0 Å². The Morgan fingerprint density at radius 1 is 1.17 bits per heavy atom. The summed E-state index contributed by atoms with van der Waals surface area (Å²) in [5.74, 6) is -0.375. The molecule has 0 radical (unpaired) electrons. The number of benzene rings is 2. The molecule has 2 heterocycles. The van der Waals surface area contributed by atoms with E-state index in [-0.39, 0.29) is 16.9 Å². The summed E-state index contributed by atoms with van der Waals surface area (Å²) in [5.41, 5.74) is 2.70. The molecule has 114 valence electrons. The van der Waals surface area contributed by atoms with Crippen LogP contribution in [0.15, 0.2) is 57.9 Å². The maximum atomic E-state index is 12.7. The zero-order chi connectivity index (χ0) is 16.0. The van der Waals surface area contributed by atoms with Crippen LogP contribution in [0.5, 0.6) is 0 Å². The van der Waals surface area contributed by atoms with Crippen LogP contribution in [0.1, 0.15) is 15.9 Å². The van der Waals surface area contributed by atoms with Gasteiger partial charge in [0.05, 0.1) is 5.52 Å². The van der Waals surface area contributed by atoms with Gasteiger partial charge in [0.25, 0.3) is 5.91 Å². The molecule has 0 atom stereocenters. The number of para-hydroxylation sites is 1. The van der Waals surface area contributed by atoms with Crippen molar-refractivity contribution in [2.45, 2.75) is 13.0 Å². The number of pyridine rings is 1. The zero-order valence-electron chi connectivity index (χ0n) is 12.2. The molecule has 0 bridgehead atoms. The highest BCUT2D eigenvalue weighted by Gasteiger charge is 2.21. The van der Waals surface area contributed by atoms with E-state index in [1.807, 2.05) is 28.8 Å².